The number of halogens is 1. The van der Waals surface area contributed by atoms with Gasteiger partial charge in [0.1, 0.15) is 0 Å². The van der Waals surface area contributed by atoms with Crippen molar-refractivity contribution in [3.05, 3.63) is 34.3 Å². The average molecular weight is 293 g/mol. The first-order valence-electron chi connectivity index (χ1n) is 4.41. The van der Waals surface area contributed by atoms with Gasteiger partial charge in [-0.05, 0) is 24.6 Å². The molecular formula is C9H13BrN2O2S. The molecule has 1 atom stereocenters. The summed E-state index contributed by atoms with van der Waals surface area (Å²) in [5.74, 6) is 0. The van der Waals surface area contributed by atoms with Crippen molar-refractivity contribution in [1.29, 1.82) is 0 Å². The van der Waals surface area contributed by atoms with Crippen LogP contribution in [0.5, 0.6) is 0 Å². The first kappa shape index (κ1) is 12.6. The molecule has 1 aromatic rings. The molecule has 0 aliphatic carbocycles. The molecule has 0 saturated carbocycles. The molecule has 0 aliphatic heterocycles. The van der Waals surface area contributed by atoms with E-state index in [-0.39, 0.29) is 6.04 Å². The fourth-order valence-corrected chi connectivity index (χ4v) is 2.27. The minimum absolute atomic E-state index is 0.264. The van der Waals surface area contributed by atoms with E-state index in [1.54, 1.807) is 6.92 Å². The van der Waals surface area contributed by atoms with Crippen LogP contribution in [0, 0.1) is 0 Å². The van der Waals surface area contributed by atoms with E-state index in [0.29, 0.717) is 0 Å². The molecule has 0 aromatic heterocycles. The number of benzene rings is 1. The zero-order chi connectivity index (χ0) is 11.5. The predicted molar refractivity (Wildman–Crippen MR) is 63.7 cm³/mol. The highest BCUT2D eigenvalue weighted by molar-refractivity contribution is 9.10. The molecule has 15 heavy (non-hydrogen) atoms. The molecule has 4 nitrogen and oxygen atoms in total. The molecule has 6 heteroatoms. The van der Waals surface area contributed by atoms with Gasteiger partial charge in [-0.3, -0.25) is 0 Å². The number of hydrogen-bond donors (Lipinski definition) is 2. The van der Waals surface area contributed by atoms with E-state index in [1.807, 2.05) is 24.3 Å². The summed E-state index contributed by atoms with van der Waals surface area (Å²) in [5, 5.41) is 0. The van der Waals surface area contributed by atoms with Gasteiger partial charge < -0.3 is 0 Å². The zero-order valence-electron chi connectivity index (χ0n) is 8.49. The Balaban J connectivity index is 2.82. The van der Waals surface area contributed by atoms with Gasteiger partial charge in [0.05, 0.1) is 0 Å². The maximum Gasteiger partial charge on any atom is 0.277 e. The third-order valence-electron chi connectivity index (χ3n) is 1.95. The monoisotopic (exact) mass is 292 g/mol. The Morgan fingerprint density at radius 1 is 1.40 bits per heavy atom. The zero-order valence-corrected chi connectivity index (χ0v) is 10.9. The van der Waals surface area contributed by atoms with Crippen molar-refractivity contribution in [1.82, 2.24) is 9.44 Å². The van der Waals surface area contributed by atoms with Crippen molar-refractivity contribution in [2.45, 2.75) is 13.0 Å². The van der Waals surface area contributed by atoms with E-state index in [0.717, 1.165) is 10.0 Å². The summed E-state index contributed by atoms with van der Waals surface area (Å²) in [7, 11) is -2.02. The number of nitrogens with one attached hydrogen (secondary N) is 2. The Morgan fingerprint density at radius 2 is 2.07 bits per heavy atom. The van der Waals surface area contributed by atoms with Crippen LogP contribution in [0.2, 0.25) is 0 Å². The minimum Gasteiger partial charge on any atom is -0.205 e. The van der Waals surface area contributed by atoms with Crippen LogP contribution in [0.4, 0.5) is 0 Å². The standard InChI is InChI=1S/C9H13BrN2O2S/c1-7(12-15(13,14)11-2)8-4-3-5-9(10)6-8/h3-7,11-12H,1-2H3. The van der Waals surface area contributed by atoms with Crippen molar-refractivity contribution >= 4 is 26.1 Å². The van der Waals surface area contributed by atoms with Crippen molar-refractivity contribution in [3.8, 4) is 0 Å². The maximum absolute atomic E-state index is 11.2. The fraction of sp³-hybridized carbons (Fsp3) is 0.333. The Bertz CT molecular complexity index is 433. The van der Waals surface area contributed by atoms with Crippen molar-refractivity contribution < 1.29 is 8.42 Å². The molecular weight excluding hydrogens is 280 g/mol. The summed E-state index contributed by atoms with van der Waals surface area (Å²) < 4.78 is 28.1. The van der Waals surface area contributed by atoms with Gasteiger partial charge in [-0.1, -0.05) is 28.1 Å². The molecule has 0 radical (unpaired) electrons. The summed E-state index contributed by atoms with van der Waals surface area (Å²) >= 11 is 3.33. The van der Waals surface area contributed by atoms with Gasteiger partial charge in [0.2, 0.25) is 0 Å². The van der Waals surface area contributed by atoms with Gasteiger partial charge in [0.15, 0.2) is 0 Å². The first-order chi connectivity index (χ1) is 6.94. The molecule has 1 rings (SSSR count). The quantitative estimate of drug-likeness (QED) is 0.885. The largest absolute Gasteiger partial charge is 0.277 e. The van der Waals surface area contributed by atoms with E-state index >= 15 is 0 Å². The molecule has 2 N–H and O–H groups in total. The van der Waals surface area contributed by atoms with Crippen LogP contribution in [0.1, 0.15) is 18.5 Å². The second-order valence-electron chi connectivity index (χ2n) is 3.10. The van der Waals surface area contributed by atoms with Crippen LogP contribution >= 0.6 is 15.9 Å². The predicted octanol–water partition coefficient (Wildman–Crippen LogP) is 1.56. The molecule has 1 unspecified atom stereocenters. The van der Waals surface area contributed by atoms with Crippen LogP contribution in [0.25, 0.3) is 0 Å². The molecule has 0 amide bonds. The van der Waals surface area contributed by atoms with Crippen molar-refractivity contribution in [3.63, 3.8) is 0 Å². The summed E-state index contributed by atoms with van der Waals surface area (Å²) in [6.07, 6.45) is 0. The van der Waals surface area contributed by atoms with E-state index in [2.05, 4.69) is 25.4 Å². The number of hydrogen-bond acceptors (Lipinski definition) is 2. The Labute approximate surface area is 98.4 Å². The van der Waals surface area contributed by atoms with Gasteiger partial charge in [-0.15, -0.1) is 0 Å². The van der Waals surface area contributed by atoms with Crippen LogP contribution in [0.3, 0.4) is 0 Å². The van der Waals surface area contributed by atoms with E-state index in [1.165, 1.54) is 7.05 Å². The van der Waals surface area contributed by atoms with Gasteiger partial charge in [0, 0.05) is 17.6 Å². The van der Waals surface area contributed by atoms with Gasteiger partial charge >= 0.3 is 0 Å². The van der Waals surface area contributed by atoms with E-state index in [9.17, 15) is 8.42 Å². The SMILES string of the molecule is CNS(=O)(=O)NC(C)c1cccc(Br)c1. The third kappa shape index (κ3) is 3.90. The van der Waals surface area contributed by atoms with Gasteiger partial charge in [0.25, 0.3) is 10.2 Å². The van der Waals surface area contributed by atoms with Gasteiger partial charge in [-0.2, -0.15) is 13.1 Å². The van der Waals surface area contributed by atoms with Crippen LogP contribution in [-0.4, -0.2) is 15.5 Å². The van der Waals surface area contributed by atoms with Crippen molar-refractivity contribution in [2.75, 3.05) is 7.05 Å². The lowest BCUT2D eigenvalue weighted by Gasteiger charge is -2.13. The lowest BCUT2D eigenvalue weighted by molar-refractivity contribution is 0.558. The summed E-state index contributed by atoms with van der Waals surface area (Å²) in [6, 6.07) is 7.24. The summed E-state index contributed by atoms with van der Waals surface area (Å²) in [6.45, 7) is 1.79. The summed E-state index contributed by atoms with van der Waals surface area (Å²) in [5.41, 5.74) is 0.906. The molecule has 0 bridgehead atoms. The van der Waals surface area contributed by atoms with E-state index in [4.69, 9.17) is 0 Å². The Morgan fingerprint density at radius 3 is 2.60 bits per heavy atom. The normalized spacial score (nSPS) is 13.8. The molecule has 1 aromatic carbocycles. The second-order valence-corrected chi connectivity index (χ2v) is 5.67. The highest BCUT2D eigenvalue weighted by Gasteiger charge is 2.13. The third-order valence-corrected chi connectivity index (χ3v) is 3.64. The maximum atomic E-state index is 11.2. The molecule has 0 aliphatic rings. The highest BCUT2D eigenvalue weighted by atomic mass is 79.9. The van der Waals surface area contributed by atoms with E-state index < -0.39 is 10.2 Å². The lowest BCUT2D eigenvalue weighted by Crippen LogP contribution is -2.35. The van der Waals surface area contributed by atoms with Crippen LogP contribution in [-0.2, 0) is 10.2 Å². The highest BCUT2D eigenvalue weighted by Crippen LogP contribution is 2.18. The Kier molecular flexibility index (Phi) is 4.27. The fourth-order valence-electron chi connectivity index (χ4n) is 1.14. The van der Waals surface area contributed by atoms with Crippen LogP contribution < -0.4 is 9.44 Å². The summed E-state index contributed by atoms with van der Waals surface area (Å²) in [4.78, 5) is 0. The Hall–Kier alpha value is -0.430. The van der Waals surface area contributed by atoms with Gasteiger partial charge in [-0.25, -0.2) is 4.72 Å². The minimum atomic E-state index is -3.40. The molecule has 0 heterocycles. The number of rotatable bonds is 4. The molecule has 0 saturated heterocycles. The topological polar surface area (TPSA) is 58.2 Å². The van der Waals surface area contributed by atoms with Crippen LogP contribution in [0.15, 0.2) is 28.7 Å². The first-order valence-corrected chi connectivity index (χ1v) is 6.68. The van der Waals surface area contributed by atoms with Crippen molar-refractivity contribution in [2.24, 2.45) is 0 Å². The molecule has 0 spiro atoms. The second kappa shape index (κ2) is 5.07. The average Bonchev–Trinajstić information content (AvgIpc) is 2.17. The molecule has 84 valence electrons. The molecule has 0 fully saturated rings. The smallest absolute Gasteiger partial charge is 0.205 e. The lowest BCUT2D eigenvalue weighted by atomic mass is 10.1.